The molecule has 9 heteroatoms. The molecule has 0 unspecified atom stereocenters. The number of fused-ring (bicyclic) bond motifs is 1. The van der Waals surface area contributed by atoms with E-state index in [1.807, 2.05) is 0 Å². The smallest absolute Gasteiger partial charge is 0.303 e. The van der Waals surface area contributed by atoms with Gasteiger partial charge in [-0.05, 0) is 86.5 Å². The molecule has 4 rings (SSSR count). The first-order valence-electron chi connectivity index (χ1n) is 12.5. The number of carboxylic acid groups (broad SMARTS) is 1. The average molecular weight is 516 g/mol. The summed E-state index contributed by atoms with van der Waals surface area (Å²) in [6.07, 6.45) is 4.59. The van der Waals surface area contributed by atoms with Gasteiger partial charge in [0, 0.05) is 30.2 Å². The lowest BCUT2D eigenvalue weighted by molar-refractivity contribution is -0.140. The second-order valence-electron chi connectivity index (χ2n) is 9.82. The van der Waals surface area contributed by atoms with Gasteiger partial charge >= 0.3 is 5.97 Å². The number of carbonyl (C=O) groups is 1. The first-order valence-corrected chi connectivity index (χ1v) is 12.5. The molecule has 1 fully saturated rings. The number of carboxylic acids is 1. The van der Waals surface area contributed by atoms with Crippen molar-refractivity contribution in [2.75, 3.05) is 38.6 Å². The van der Waals surface area contributed by atoms with Crippen molar-refractivity contribution >= 4 is 22.6 Å². The molecule has 0 amide bonds. The highest BCUT2D eigenvalue weighted by Gasteiger charge is 2.36. The van der Waals surface area contributed by atoms with E-state index in [4.69, 9.17) is 4.74 Å². The van der Waals surface area contributed by atoms with E-state index in [-0.39, 0.29) is 17.7 Å². The van der Waals surface area contributed by atoms with Crippen molar-refractivity contribution in [3.8, 4) is 5.75 Å². The summed E-state index contributed by atoms with van der Waals surface area (Å²) in [6, 6.07) is 8.72. The zero-order chi connectivity index (χ0) is 26.4. The van der Waals surface area contributed by atoms with Crippen LogP contribution in [0.5, 0.6) is 5.75 Å². The summed E-state index contributed by atoms with van der Waals surface area (Å²) in [7, 11) is 1.56. The number of nitrogens with zero attached hydrogens (tertiary/aromatic N) is 2. The molecule has 1 aliphatic rings. The van der Waals surface area contributed by atoms with Crippen LogP contribution in [0.4, 0.5) is 18.9 Å². The Morgan fingerprint density at radius 2 is 1.86 bits per heavy atom. The van der Waals surface area contributed by atoms with E-state index in [1.165, 1.54) is 18.3 Å². The standard InChI is InChI=1S/C28H32F3N3O3/c1-37-22-4-5-26-24(16-22)23(25(31)18-33-26)3-2-6-28(17-27(35)36)7-10-34(11-8-28)12-9-32-21-14-19(29)13-20(30)15-21/h4-5,13-16,18,32H,2-3,6-12,17H2,1H3,(H,35,36). The maximum Gasteiger partial charge on any atom is 0.303 e. The zero-order valence-electron chi connectivity index (χ0n) is 20.9. The summed E-state index contributed by atoms with van der Waals surface area (Å²) < 4.78 is 46.8. The summed E-state index contributed by atoms with van der Waals surface area (Å²) >= 11 is 0. The first-order chi connectivity index (χ1) is 17.8. The predicted octanol–water partition coefficient (Wildman–Crippen LogP) is 5.65. The van der Waals surface area contributed by atoms with Crippen molar-refractivity contribution in [1.82, 2.24) is 9.88 Å². The number of nitrogens with one attached hydrogen (secondary N) is 1. The highest BCUT2D eigenvalue weighted by Crippen LogP contribution is 2.40. The fourth-order valence-electron chi connectivity index (χ4n) is 5.32. The minimum atomic E-state index is -0.825. The Kier molecular flexibility index (Phi) is 8.53. The van der Waals surface area contributed by atoms with Gasteiger partial charge < -0.3 is 20.1 Å². The molecule has 0 aliphatic carbocycles. The Bertz CT molecular complexity index is 1230. The van der Waals surface area contributed by atoms with E-state index in [9.17, 15) is 23.1 Å². The number of pyridine rings is 1. The molecule has 0 saturated carbocycles. The third-order valence-corrected chi connectivity index (χ3v) is 7.33. The number of aliphatic carboxylic acids is 1. The second kappa shape index (κ2) is 11.8. The number of piperidine rings is 1. The van der Waals surface area contributed by atoms with Gasteiger partial charge in [-0.25, -0.2) is 13.2 Å². The van der Waals surface area contributed by atoms with Crippen LogP contribution in [-0.4, -0.2) is 54.2 Å². The number of aromatic nitrogens is 1. The summed E-state index contributed by atoms with van der Waals surface area (Å²) in [6.45, 7) is 2.66. The highest BCUT2D eigenvalue weighted by molar-refractivity contribution is 5.83. The largest absolute Gasteiger partial charge is 0.497 e. The molecule has 1 saturated heterocycles. The Balaban J connectivity index is 1.34. The molecule has 0 bridgehead atoms. The molecule has 1 aliphatic heterocycles. The highest BCUT2D eigenvalue weighted by atomic mass is 19.1. The van der Waals surface area contributed by atoms with E-state index in [1.54, 1.807) is 25.3 Å². The van der Waals surface area contributed by atoms with Crippen LogP contribution in [0, 0.1) is 22.9 Å². The third kappa shape index (κ3) is 6.91. The van der Waals surface area contributed by atoms with Crippen molar-refractivity contribution in [2.24, 2.45) is 5.41 Å². The van der Waals surface area contributed by atoms with Crippen molar-refractivity contribution in [3.63, 3.8) is 0 Å². The molecule has 37 heavy (non-hydrogen) atoms. The number of anilines is 1. The number of benzene rings is 2. The monoisotopic (exact) mass is 515 g/mol. The Morgan fingerprint density at radius 3 is 2.54 bits per heavy atom. The van der Waals surface area contributed by atoms with Gasteiger partial charge in [0.05, 0.1) is 25.2 Å². The molecular formula is C28H32F3N3O3. The SMILES string of the molecule is COc1ccc2ncc(F)c(CCCC3(CC(=O)O)CCN(CCNc4cc(F)cc(F)c4)CC3)c2c1. The van der Waals surface area contributed by atoms with Crippen LogP contribution in [0.1, 0.15) is 37.7 Å². The number of methoxy groups -OCH3 is 1. The van der Waals surface area contributed by atoms with Gasteiger partial charge in [0.2, 0.25) is 0 Å². The van der Waals surface area contributed by atoms with E-state index in [0.717, 1.165) is 32.0 Å². The summed E-state index contributed by atoms with van der Waals surface area (Å²) in [5.41, 5.74) is 1.31. The molecule has 198 valence electrons. The van der Waals surface area contributed by atoms with E-state index < -0.39 is 17.6 Å². The molecular weight excluding hydrogens is 483 g/mol. The molecule has 6 nitrogen and oxygen atoms in total. The van der Waals surface area contributed by atoms with Gasteiger partial charge in [0.15, 0.2) is 0 Å². The van der Waals surface area contributed by atoms with Crippen LogP contribution >= 0.6 is 0 Å². The Morgan fingerprint density at radius 1 is 1.14 bits per heavy atom. The van der Waals surface area contributed by atoms with Crippen LogP contribution in [0.25, 0.3) is 10.9 Å². The van der Waals surface area contributed by atoms with Crippen molar-refractivity contribution in [3.05, 3.63) is 65.6 Å². The zero-order valence-corrected chi connectivity index (χ0v) is 20.9. The quantitative estimate of drug-likeness (QED) is 0.344. The third-order valence-electron chi connectivity index (χ3n) is 7.33. The van der Waals surface area contributed by atoms with Crippen LogP contribution in [-0.2, 0) is 11.2 Å². The molecule has 1 aromatic heterocycles. The number of hydrogen-bond donors (Lipinski definition) is 2. The normalized spacial score (nSPS) is 15.6. The summed E-state index contributed by atoms with van der Waals surface area (Å²) in [5.74, 6) is -1.81. The van der Waals surface area contributed by atoms with E-state index in [2.05, 4.69) is 15.2 Å². The van der Waals surface area contributed by atoms with Gasteiger partial charge in [0.25, 0.3) is 0 Å². The van der Waals surface area contributed by atoms with E-state index in [0.29, 0.717) is 60.3 Å². The topological polar surface area (TPSA) is 74.7 Å². The maximum atomic E-state index is 14.7. The minimum Gasteiger partial charge on any atom is -0.497 e. The van der Waals surface area contributed by atoms with E-state index >= 15 is 0 Å². The number of halogens is 3. The lowest BCUT2D eigenvalue weighted by atomic mass is 9.72. The predicted molar refractivity (Wildman–Crippen MR) is 136 cm³/mol. The van der Waals surface area contributed by atoms with Crippen molar-refractivity contribution < 1.29 is 27.8 Å². The van der Waals surface area contributed by atoms with Crippen molar-refractivity contribution in [1.29, 1.82) is 0 Å². The van der Waals surface area contributed by atoms with Crippen LogP contribution in [0.15, 0.2) is 42.6 Å². The second-order valence-corrected chi connectivity index (χ2v) is 9.82. The lowest BCUT2D eigenvalue weighted by Gasteiger charge is -2.41. The molecule has 0 spiro atoms. The molecule has 2 aromatic carbocycles. The van der Waals surface area contributed by atoms with Gasteiger partial charge in [-0.3, -0.25) is 9.78 Å². The minimum absolute atomic E-state index is 0.0784. The molecule has 3 aromatic rings. The molecule has 0 atom stereocenters. The Hall–Kier alpha value is -3.33. The summed E-state index contributed by atoms with van der Waals surface area (Å²) in [5, 5.41) is 13.4. The fraction of sp³-hybridized carbons (Fsp3) is 0.429. The van der Waals surface area contributed by atoms with Gasteiger partial charge in [-0.15, -0.1) is 0 Å². The number of rotatable bonds is 11. The number of likely N-dealkylation sites (tertiary alicyclic amines) is 1. The molecule has 2 heterocycles. The number of aryl methyl sites for hydroxylation is 1. The molecule has 2 N–H and O–H groups in total. The van der Waals surface area contributed by atoms with Gasteiger partial charge in [0.1, 0.15) is 23.2 Å². The number of hydrogen-bond acceptors (Lipinski definition) is 5. The molecule has 0 radical (unpaired) electrons. The van der Waals surface area contributed by atoms with Gasteiger partial charge in [-0.2, -0.15) is 0 Å². The van der Waals surface area contributed by atoms with Crippen LogP contribution in [0.2, 0.25) is 0 Å². The van der Waals surface area contributed by atoms with Gasteiger partial charge in [-0.1, -0.05) is 0 Å². The van der Waals surface area contributed by atoms with Crippen molar-refractivity contribution in [2.45, 2.75) is 38.5 Å². The first kappa shape index (κ1) is 26.7. The lowest BCUT2D eigenvalue weighted by Crippen LogP contribution is -2.43. The fourth-order valence-corrected chi connectivity index (χ4v) is 5.32. The number of ether oxygens (including phenoxy) is 1. The van der Waals surface area contributed by atoms with Crippen LogP contribution < -0.4 is 10.1 Å². The maximum absolute atomic E-state index is 14.7. The average Bonchev–Trinajstić information content (AvgIpc) is 2.85. The summed E-state index contributed by atoms with van der Waals surface area (Å²) in [4.78, 5) is 18.1. The van der Waals surface area contributed by atoms with Crippen LogP contribution in [0.3, 0.4) is 0 Å². The Labute approximate surface area is 214 Å².